The smallest absolute Gasteiger partial charge is 0.301 e. The predicted molar refractivity (Wildman–Crippen MR) is 58.8 cm³/mol. The maximum absolute atomic E-state index is 5.77. The van der Waals surface area contributed by atoms with Crippen molar-refractivity contribution < 1.29 is 4.74 Å². The second kappa shape index (κ2) is 4.04. The average molecular weight is 203 g/mol. The highest BCUT2D eigenvalue weighted by molar-refractivity contribution is 5.52. The minimum Gasteiger partial charge on any atom is -0.423 e. The second-order valence-corrected chi connectivity index (χ2v) is 3.14. The summed E-state index contributed by atoms with van der Waals surface area (Å²) < 4.78 is 7.51. The Bertz CT molecular complexity index is 451. The number of para-hydroxylation sites is 2. The number of nitrogens with two attached hydrogens (primary N) is 1. The Kier molecular flexibility index (Phi) is 2.58. The van der Waals surface area contributed by atoms with Crippen molar-refractivity contribution in [1.82, 2.24) is 9.55 Å². The molecular weight excluding hydrogens is 190 g/mol. The molecule has 4 heteroatoms. The van der Waals surface area contributed by atoms with Gasteiger partial charge in [0.15, 0.2) is 5.75 Å². The van der Waals surface area contributed by atoms with Crippen molar-refractivity contribution in [2.45, 2.75) is 13.5 Å². The Hall–Kier alpha value is -1.97. The van der Waals surface area contributed by atoms with E-state index in [4.69, 9.17) is 10.5 Å². The molecule has 0 aliphatic heterocycles. The molecule has 0 fully saturated rings. The summed E-state index contributed by atoms with van der Waals surface area (Å²) in [6, 6.07) is 7.94. The van der Waals surface area contributed by atoms with Gasteiger partial charge in [0.1, 0.15) is 0 Å². The quantitative estimate of drug-likeness (QED) is 0.778. The minimum atomic E-state index is 0.565. The van der Waals surface area contributed by atoms with E-state index < -0.39 is 0 Å². The van der Waals surface area contributed by atoms with Crippen LogP contribution in [-0.2, 0) is 6.54 Å². The van der Waals surface area contributed by atoms with Crippen LogP contribution in [0.5, 0.6) is 11.8 Å². The summed E-state index contributed by atoms with van der Waals surface area (Å²) in [5.74, 6) is 0.637. The van der Waals surface area contributed by atoms with E-state index in [2.05, 4.69) is 4.98 Å². The van der Waals surface area contributed by atoms with Gasteiger partial charge in [-0.05, 0) is 19.1 Å². The molecule has 0 saturated carbocycles. The van der Waals surface area contributed by atoms with Gasteiger partial charge in [0.05, 0.1) is 5.69 Å². The molecule has 2 rings (SSSR count). The lowest BCUT2D eigenvalue weighted by molar-refractivity contribution is 0.417. The number of ether oxygens (including phenoxy) is 1. The van der Waals surface area contributed by atoms with Gasteiger partial charge in [-0.2, -0.15) is 0 Å². The maximum atomic E-state index is 5.77. The van der Waals surface area contributed by atoms with Crippen LogP contribution in [0.15, 0.2) is 36.7 Å². The van der Waals surface area contributed by atoms with E-state index >= 15 is 0 Å². The minimum absolute atomic E-state index is 0.565. The molecule has 4 nitrogen and oxygen atoms in total. The SMILES string of the molecule is CCn1ccnc1Oc1ccccc1N. The maximum Gasteiger partial charge on any atom is 0.301 e. The number of aryl methyl sites for hydroxylation is 1. The first-order valence-corrected chi connectivity index (χ1v) is 4.84. The summed E-state index contributed by atoms with van der Waals surface area (Å²) in [5, 5.41) is 0. The van der Waals surface area contributed by atoms with E-state index in [0.29, 0.717) is 17.4 Å². The third-order valence-corrected chi connectivity index (χ3v) is 2.14. The van der Waals surface area contributed by atoms with Crippen LogP contribution in [0.1, 0.15) is 6.92 Å². The number of nitrogens with zero attached hydrogens (tertiary/aromatic N) is 2. The number of rotatable bonds is 3. The largest absolute Gasteiger partial charge is 0.423 e. The Labute approximate surface area is 88.3 Å². The van der Waals surface area contributed by atoms with Gasteiger partial charge in [-0.25, -0.2) is 4.98 Å². The molecule has 0 bridgehead atoms. The molecule has 0 radical (unpaired) electrons. The highest BCUT2D eigenvalue weighted by Crippen LogP contribution is 2.25. The Morgan fingerprint density at radius 3 is 2.93 bits per heavy atom. The lowest BCUT2D eigenvalue weighted by Crippen LogP contribution is -1.99. The molecule has 2 aromatic rings. The lowest BCUT2D eigenvalue weighted by Gasteiger charge is -2.08. The van der Waals surface area contributed by atoms with E-state index in [1.54, 1.807) is 12.3 Å². The van der Waals surface area contributed by atoms with Crippen molar-refractivity contribution in [1.29, 1.82) is 0 Å². The van der Waals surface area contributed by atoms with Crippen LogP contribution in [0, 0.1) is 0 Å². The summed E-state index contributed by atoms with van der Waals surface area (Å²) >= 11 is 0. The zero-order valence-corrected chi connectivity index (χ0v) is 8.55. The first kappa shape index (κ1) is 9.58. The molecule has 1 heterocycles. The predicted octanol–water partition coefficient (Wildman–Crippen LogP) is 2.28. The summed E-state index contributed by atoms with van der Waals surface area (Å²) in [6.45, 7) is 2.85. The molecule has 1 aromatic heterocycles. The van der Waals surface area contributed by atoms with E-state index in [9.17, 15) is 0 Å². The molecule has 0 atom stereocenters. The van der Waals surface area contributed by atoms with Crippen molar-refractivity contribution >= 4 is 5.69 Å². The molecule has 1 aromatic carbocycles. The summed E-state index contributed by atoms with van der Waals surface area (Å²) in [7, 11) is 0. The van der Waals surface area contributed by atoms with Gasteiger partial charge < -0.3 is 15.0 Å². The monoisotopic (exact) mass is 203 g/mol. The number of anilines is 1. The van der Waals surface area contributed by atoms with Crippen LogP contribution >= 0.6 is 0 Å². The van der Waals surface area contributed by atoms with Crippen molar-refractivity contribution in [3.63, 3.8) is 0 Å². The molecule has 78 valence electrons. The zero-order valence-electron chi connectivity index (χ0n) is 8.55. The van der Waals surface area contributed by atoms with Gasteiger partial charge in [-0.1, -0.05) is 12.1 Å². The van der Waals surface area contributed by atoms with Crippen LogP contribution in [0.3, 0.4) is 0 Å². The number of hydrogen-bond acceptors (Lipinski definition) is 3. The van der Waals surface area contributed by atoms with Crippen LogP contribution in [0.2, 0.25) is 0 Å². The average Bonchev–Trinajstić information content (AvgIpc) is 2.69. The summed E-state index contributed by atoms with van der Waals surface area (Å²) in [4.78, 5) is 4.11. The molecule has 15 heavy (non-hydrogen) atoms. The third-order valence-electron chi connectivity index (χ3n) is 2.14. The van der Waals surface area contributed by atoms with Gasteiger partial charge in [0, 0.05) is 18.9 Å². The fraction of sp³-hybridized carbons (Fsp3) is 0.182. The fourth-order valence-corrected chi connectivity index (χ4v) is 1.31. The molecule has 2 N–H and O–H groups in total. The van der Waals surface area contributed by atoms with Crippen LogP contribution < -0.4 is 10.5 Å². The molecule has 0 aliphatic carbocycles. The first-order chi connectivity index (χ1) is 7.31. The topological polar surface area (TPSA) is 53.1 Å². The molecule has 0 unspecified atom stereocenters. The Morgan fingerprint density at radius 1 is 1.40 bits per heavy atom. The first-order valence-electron chi connectivity index (χ1n) is 4.84. The van der Waals surface area contributed by atoms with E-state index in [1.807, 2.05) is 35.9 Å². The highest BCUT2D eigenvalue weighted by atomic mass is 16.5. The molecule has 0 amide bonds. The molecule has 0 aliphatic rings. The van der Waals surface area contributed by atoms with Gasteiger partial charge in [-0.15, -0.1) is 0 Å². The molecule has 0 spiro atoms. The number of benzene rings is 1. The zero-order chi connectivity index (χ0) is 10.7. The van der Waals surface area contributed by atoms with Crippen LogP contribution in [0.4, 0.5) is 5.69 Å². The number of aromatic nitrogens is 2. The Morgan fingerprint density at radius 2 is 2.20 bits per heavy atom. The lowest BCUT2D eigenvalue weighted by atomic mass is 10.3. The van der Waals surface area contributed by atoms with Crippen LogP contribution in [0.25, 0.3) is 0 Å². The van der Waals surface area contributed by atoms with E-state index in [1.165, 1.54) is 0 Å². The molecule has 0 saturated heterocycles. The van der Waals surface area contributed by atoms with Crippen LogP contribution in [-0.4, -0.2) is 9.55 Å². The van der Waals surface area contributed by atoms with E-state index in [0.717, 1.165) is 6.54 Å². The summed E-state index contributed by atoms with van der Waals surface area (Å²) in [6.07, 6.45) is 3.58. The highest BCUT2D eigenvalue weighted by Gasteiger charge is 2.05. The molecular formula is C11H13N3O. The number of nitrogen functional groups attached to an aromatic ring is 1. The van der Waals surface area contributed by atoms with Gasteiger partial charge in [0.25, 0.3) is 0 Å². The number of hydrogen-bond donors (Lipinski definition) is 1. The standard InChI is InChI=1S/C11H13N3O/c1-2-14-8-7-13-11(14)15-10-6-4-3-5-9(10)12/h3-8H,2,12H2,1H3. The Balaban J connectivity index is 2.26. The van der Waals surface area contributed by atoms with Crippen molar-refractivity contribution in [2.75, 3.05) is 5.73 Å². The van der Waals surface area contributed by atoms with Crippen molar-refractivity contribution in [3.05, 3.63) is 36.7 Å². The normalized spacial score (nSPS) is 10.2. The van der Waals surface area contributed by atoms with Gasteiger partial charge in [0.2, 0.25) is 0 Å². The van der Waals surface area contributed by atoms with Crippen molar-refractivity contribution in [2.24, 2.45) is 0 Å². The third kappa shape index (κ3) is 1.93. The van der Waals surface area contributed by atoms with E-state index in [-0.39, 0.29) is 0 Å². The summed E-state index contributed by atoms with van der Waals surface area (Å²) in [5.41, 5.74) is 6.38. The van der Waals surface area contributed by atoms with Crippen molar-refractivity contribution in [3.8, 4) is 11.8 Å². The second-order valence-electron chi connectivity index (χ2n) is 3.14. The van der Waals surface area contributed by atoms with Gasteiger partial charge >= 0.3 is 6.01 Å². The van der Waals surface area contributed by atoms with Gasteiger partial charge in [-0.3, -0.25) is 0 Å². The number of imidazole rings is 1. The fourth-order valence-electron chi connectivity index (χ4n) is 1.31.